The smallest absolute Gasteiger partial charge is 0.140 e. The van der Waals surface area contributed by atoms with Crippen molar-refractivity contribution < 1.29 is 0 Å². The van der Waals surface area contributed by atoms with Crippen LogP contribution in [0.5, 0.6) is 0 Å². The van der Waals surface area contributed by atoms with Gasteiger partial charge in [0.25, 0.3) is 0 Å². The molecule has 2 aromatic rings. The lowest BCUT2D eigenvalue weighted by atomic mass is 10.2. The Morgan fingerprint density at radius 2 is 2.24 bits per heavy atom. The first-order valence-electron chi connectivity index (χ1n) is 5.36. The van der Waals surface area contributed by atoms with Crippen LogP contribution in [0.4, 0.5) is 5.82 Å². The number of rotatable bonds is 3. The molecule has 90 valence electrons. The van der Waals surface area contributed by atoms with E-state index >= 15 is 0 Å². The molecule has 0 bridgehead atoms. The Morgan fingerprint density at radius 1 is 1.47 bits per heavy atom. The van der Waals surface area contributed by atoms with Crippen LogP contribution in [-0.2, 0) is 0 Å². The zero-order chi connectivity index (χ0) is 12.4. The van der Waals surface area contributed by atoms with E-state index in [1.807, 2.05) is 25.1 Å². The maximum Gasteiger partial charge on any atom is 0.140 e. The van der Waals surface area contributed by atoms with Crippen LogP contribution < -0.4 is 5.73 Å². The summed E-state index contributed by atoms with van der Waals surface area (Å²) < 4.78 is 1.71. The Kier molecular flexibility index (Phi) is 3.64. The van der Waals surface area contributed by atoms with Crippen LogP contribution in [0.2, 0.25) is 5.02 Å². The minimum absolute atomic E-state index is 0.664. The first kappa shape index (κ1) is 12.3. The van der Waals surface area contributed by atoms with Crippen molar-refractivity contribution in [2.24, 2.45) is 0 Å². The van der Waals surface area contributed by atoms with Crippen molar-refractivity contribution in [2.75, 3.05) is 11.5 Å². The van der Waals surface area contributed by atoms with E-state index in [1.165, 1.54) is 0 Å². The molecule has 2 rings (SSSR count). The Bertz CT molecular complexity index is 537. The van der Waals surface area contributed by atoms with Gasteiger partial charge in [0.2, 0.25) is 0 Å². The van der Waals surface area contributed by atoms with E-state index in [1.54, 1.807) is 22.6 Å². The van der Waals surface area contributed by atoms with Crippen molar-refractivity contribution in [3.05, 3.63) is 35.0 Å². The van der Waals surface area contributed by atoms with E-state index in [-0.39, 0.29) is 0 Å². The lowest BCUT2D eigenvalue weighted by Crippen LogP contribution is -2.02. The summed E-state index contributed by atoms with van der Waals surface area (Å²) in [5.74, 6) is 1.64. The number of hydrogen-bond donors (Lipinski definition) is 1. The van der Waals surface area contributed by atoms with Gasteiger partial charge in [-0.15, -0.1) is 11.8 Å². The first-order valence-corrected chi connectivity index (χ1v) is 6.72. The standard InChI is InChI=1S/C12H14ClN3S/c1-3-17-11-7-15-16(12(11)14)9-5-4-8(2)10(13)6-9/h4-7H,3,14H2,1-2H3. The number of nitrogens with zero attached hydrogens (tertiary/aromatic N) is 2. The Labute approximate surface area is 110 Å². The van der Waals surface area contributed by atoms with Gasteiger partial charge in [0.15, 0.2) is 0 Å². The van der Waals surface area contributed by atoms with Crippen LogP contribution in [0.15, 0.2) is 29.3 Å². The molecular weight excluding hydrogens is 254 g/mol. The molecule has 0 atom stereocenters. The minimum Gasteiger partial charge on any atom is -0.383 e. The van der Waals surface area contributed by atoms with E-state index in [4.69, 9.17) is 17.3 Å². The zero-order valence-corrected chi connectivity index (χ0v) is 11.3. The number of nitrogens with two attached hydrogens (primary N) is 1. The molecule has 1 aromatic heterocycles. The normalized spacial score (nSPS) is 10.8. The molecule has 0 aliphatic rings. The largest absolute Gasteiger partial charge is 0.383 e. The average Bonchev–Trinajstić information content (AvgIpc) is 2.66. The predicted molar refractivity (Wildman–Crippen MR) is 74.1 cm³/mol. The van der Waals surface area contributed by atoms with Gasteiger partial charge >= 0.3 is 0 Å². The van der Waals surface area contributed by atoms with E-state index in [2.05, 4.69) is 12.0 Å². The van der Waals surface area contributed by atoms with Crippen LogP contribution in [0.1, 0.15) is 12.5 Å². The van der Waals surface area contributed by atoms with Gasteiger partial charge in [-0.1, -0.05) is 24.6 Å². The first-order chi connectivity index (χ1) is 8.13. The molecule has 2 N–H and O–H groups in total. The third-order valence-electron chi connectivity index (χ3n) is 2.47. The number of benzene rings is 1. The molecule has 0 radical (unpaired) electrons. The zero-order valence-electron chi connectivity index (χ0n) is 9.77. The molecule has 0 saturated heterocycles. The second-order valence-electron chi connectivity index (χ2n) is 3.67. The van der Waals surface area contributed by atoms with E-state index in [0.29, 0.717) is 5.82 Å². The molecule has 3 nitrogen and oxygen atoms in total. The number of aromatic nitrogens is 2. The van der Waals surface area contributed by atoms with Crippen molar-refractivity contribution in [2.45, 2.75) is 18.7 Å². The van der Waals surface area contributed by atoms with Gasteiger partial charge < -0.3 is 5.73 Å². The number of halogens is 1. The maximum atomic E-state index is 6.10. The number of anilines is 1. The highest BCUT2D eigenvalue weighted by Crippen LogP contribution is 2.27. The second-order valence-corrected chi connectivity index (χ2v) is 5.39. The molecule has 17 heavy (non-hydrogen) atoms. The topological polar surface area (TPSA) is 43.8 Å². The van der Waals surface area contributed by atoms with Crippen LogP contribution in [0.25, 0.3) is 5.69 Å². The molecule has 0 fully saturated rings. The number of hydrogen-bond acceptors (Lipinski definition) is 3. The van der Waals surface area contributed by atoms with Gasteiger partial charge in [0.1, 0.15) is 5.82 Å². The van der Waals surface area contributed by atoms with Gasteiger partial charge in [-0.25, -0.2) is 4.68 Å². The van der Waals surface area contributed by atoms with Crippen LogP contribution >= 0.6 is 23.4 Å². The molecule has 5 heteroatoms. The summed E-state index contributed by atoms with van der Waals surface area (Å²) in [6.45, 7) is 4.06. The van der Waals surface area contributed by atoms with Crippen molar-refractivity contribution in [3.63, 3.8) is 0 Å². The summed E-state index contributed by atoms with van der Waals surface area (Å²) in [6, 6.07) is 5.80. The number of thioether (sulfide) groups is 1. The number of nitrogen functional groups attached to an aromatic ring is 1. The van der Waals surface area contributed by atoms with Crippen molar-refractivity contribution in [1.82, 2.24) is 9.78 Å². The summed E-state index contributed by atoms with van der Waals surface area (Å²) in [6.07, 6.45) is 1.79. The monoisotopic (exact) mass is 267 g/mol. The fourth-order valence-electron chi connectivity index (χ4n) is 1.53. The lowest BCUT2D eigenvalue weighted by molar-refractivity contribution is 0.890. The predicted octanol–water partition coefficient (Wildman–Crippen LogP) is 3.53. The third-order valence-corrected chi connectivity index (χ3v) is 3.79. The minimum atomic E-state index is 0.664. The molecule has 0 aliphatic heterocycles. The molecule has 0 unspecified atom stereocenters. The van der Waals surface area contributed by atoms with Gasteiger partial charge in [0, 0.05) is 5.02 Å². The summed E-state index contributed by atoms with van der Waals surface area (Å²) in [4.78, 5) is 1.00. The third kappa shape index (κ3) is 2.42. The second kappa shape index (κ2) is 5.02. The summed E-state index contributed by atoms with van der Waals surface area (Å²) in [7, 11) is 0. The van der Waals surface area contributed by atoms with Gasteiger partial charge in [-0.2, -0.15) is 5.10 Å². The summed E-state index contributed by atoms with van der Waals surface area (Å²) in [5.41, 5.74) is 7.98. The van der Waals surface area contributed by atoms with E-state index in [0.717, 1.165) is 26.9 Å². The van der Waals surface area contributed by atoms with Gasteiger partial charge in [-0.05, 0) is 30.4 Å². The molecular formula is C12H14ClN3S. The SMILES string of the molecule is CCSc1cnn(-c2ccc(C)c(Cl)c2)c1N. The van der Waals surface area contributed by atoms with Crippen molar-refractivity contribution in [3.8, 4) is 5.69 Å². The highest BCUT2D eigenvalue weighted by molar-refractivity contribution is 7.99. The van der Waals surface area contributed by atoms with Crippen molar-refractivity contribution >= 4 is 29.2 Å². The molecule has 1 heterocycles. The summed E-state index contributed by atoms with van der Waals surface area (Å²) in [5, 5.41) is 5.01. The molecule has 0 saturated carbocycles. The highest BCUT2D eigenvalue weighted by Gasteiger charge is 2.09. The Morgan fingerprint density at radius 3 is 2.88 bits per heavy atom. The average molecular weight is 268 g/mol. The Hall–Kier alpha value is -1.13. The van der Waals surface area contributed by atoms with Crippen LogP contribution in [-0.4, -0.2) is 15.5 Å². The van der Waals surface area contributed by atoms with Gasteiger partial charge in [0.05, 0.1) is 16.8 Å². The van der Waals surface area contributed by atoms with Crippen molar-refractivity contribution in [1.29, 1.82) is 0 Å². The maximum absolute atomic E-state index is 6.10. The number of aryl methyl sites for hydroxylation is 1. The lowest BCUT2D eigenvalue weighted by Gasteiger charge is -2.06. The van der Waals surface area contributed by atoms with Crippen LogP contribution in [0, 0.1) is 6.92 Å². The molecule has 1 aromatic carbocycles. The molecule has 0 amide bonds. The summed E-state index contributed by atoms with van der Waals surface area (Å²) >= 11 is 7.78. The fraction of sp³-hybridized carbons (Fsp3) is 0.250. The quantitative estimate of drug-likeness (QED) is 0.866. The Balaban J connectivity index is 2.42. The molecule has 0 aliphatic carbocycles. The fourth-order valence-corrected chi connectivity index (χ4v) is 2.37. The van der Waals surface area contributed by atoms with E-state index in [9.17, 15) is 0 Å². The molecule has 0 spiro atoms. The van der Waals surface area contributed by atoms with Gasteiger partial charge in [-0.3, -0.25) is 0 Å². The van der Waals surface area contributed by atoms with E-state index < -0.39 is 0 Å². The highest BCUT2D eigenvalue weighted by atomic mass is 35.5. The van der Waals surface area contributed by atoms with Crippen LogP contribution in [0.3, 0.4) is 0 Å².